The van der Waals surface area contributed by atoms with Gasteiger partial charge in [0.15, 0.2) is 0 Å². The van der Waals surface area contributed by atoms with E-state index in [2.05, 4.69) is 46.8 Å². The Hall–Kier alpha value is -2.66. The van der Waals surface area contributed by atoms with Crippen LogP contribution in [0, 0.1) is 5.92 Å². The lowest BCUT2D eigenvalue weighted by Crippen LogP contribution is -2.38. The van der Waals surface area contributed by atoms with Gasteiger partial charge in [-0.2, -0.15) is 13.2 Å². The van der Waals surface area contributed by atoms with Gasteiger partial charge < -0.3 is 20.9 Å². The van der Waals surface area contributed by atoms with Gasteiger partial charge >= 0.3 is 6.18 Å². The van der Waals surface area contributed by atoms with Crippen molar-refractivity contribution >= 4 is 44.4 Å². The normalized spacial score (nSPS) is 19.0. The molecule has 3 aromatic rings. The molecule has 4 N–H and O–H groups in total. The highest BCUT2D eigenvalue weighted by Gasteiger charge is 2.36. The molecule has 1 amide bonds. The molecule has 5 rings (SSSR count). The van der Waals surface area contributed by atoms with Crippen molar-refractivity contribution in [2.45, 2.75) is 37.9 Å². The van der Waals surface area contributed by atoms with E-state index in [4.69, 9.17) is 0 Å². The molecule has 3 heterocycles. The summed E-state index contributed by atoms with van der Waals surface area (Å²) < 4.78 is 42.0. The van der Waals surface area contributed by atoms with Crippen LogP contribution in [0.25, 0.3) is 22.2 Å². The lowest BCUT2D eigenvalue weighted by molar-refractivity contribution is -0.137. The van der Waals surface area contributed by atoms with E-state index < -0.39 is 11.7 Å². The average molecular weight is 523 g/mol. The van der Waals surface area contributed by atoms with Crippen LogP contribution >= 0.6 is 15.9 Å². The summed E-state index contributed by atoms with van der Waals surface area (Å²) in [5.41, 5.74) is 0.356. The smallest absolute Gasteiger partial charge is 0.360 e. The Morgan fingerprint density at radius 1 is 1.21 bits per heavy atom. The van der Waals surface area contributed by atoms with Crippen LogP contribution in [0.4, 0.5) is 24.8 Å². The number of halogens is 4. The minimum atomic E-state index is -4.61. The predicted molar refractivity (Wildman–Crippen MR) is 123 cm³/mol. The van der Waals surface area contributed by atoms with Crippen LogP contribution in [-0.2, 0) is 11.0 Å². The number of nitrogens with one attached hydrogen (secondary N) is 4. The molecule has 0 radical (unpaired) electrons. The number of carbonyl (C=O) groups excluding carboxylic acids is 1. The van der Waals surface area contributed by atoms with Gasteiger partial charge in [0.2, 0.25) is 11.9 Å². The van der Waals surface area contributed by atoms with E-state index in [0.717, 1.165) is 38.4 Å². The Labute approximate surface area is 196 Å². The van der Waals surface area contributed by atoms with Crippen LogP contribution in [0.15, 0.2) is 29.0 Å². The standard InChI is InChI=1S/C22H22BrF3N6O/c23-17-16(31-20(33)11-3-4-11)6-5-13-14(9-28-19(13)17)18-15(22(24,25)26)10-29-21(32-18)30-12-2-1-7-27-8-12/h5-6,9-12,27-28H,1-4,7-8H2,(H,31,33)(H,29,30,32). The summed E-state index contributed by atoms with van der Waals surface area (Å²) in [6.45, 7) is 1.62. The Kier molecular flexibility index (Phi) is 5.77. The maximum absolute atomic E-state index is 13.8. The molecule has 2 aromatic heterocycles. The second-order valence-electron chi connectivity index (χ2n) is 8.46. The molecular weight excluding hydrogens is 501 g/mol. The van der Waals surface area contributed by atoms with E-state index in [1.165, 1.54) is 6.20 Å². The third kappa shape index (κ3) is 4.56. The first-order valence-corrected chi connectivity index (χ1v) is 11.6. The third-order valence-electron chi connectivity index (χ3n) is 5.98. The third-order valence-corrected chi connectivity index (χ3v) is 6.80. The highest BCUT2D eigenvalue weighted by Crippen LogP contribution is 2.41. The Morgan fingerprint density at radius 2 is 2.03 bits per heavy atom. The van der Waals surface area contributed by atoms with Crippen molar-refractivity contribution < 1.29 is 18.0 Å². The van der Waals surface area contributed by atoms with Crippen molar-refractivity contribution in [3.63, 3.8) is 0 Å². The van der Waals surface area contributed by atoms with Gasteiger partial charge in [0.05, 0.1) is 21.4 Å². The summed E-state index contributed by atoms with van der Waals surface area (Å²) in [5, 5.41) is 9.84. The Morgan fingerprint density at radius 3 is 2.73 bits per heavy atom. The number of aromatic nitrogens is 3. The van der Waals surface area contributed by atoms with Crippen molar-refractivity contribution in [3.8, 4) is 11.3 Å². The zero-order valence-corrected chi connectivity index (χ0v) is 19.1. The maximum atomic E-state index is 13.8. The van der Waals surface area contributed by atoms with Crippen molar-refractivity contribution in [1.29, 1.82) is 0 Å². The van der Waals surface area contributed by atoms with Gasteiger partial charge in [0.25, 0.3) is 0 Å². The molecule has 7 nitrogen and oxygen atoms in total. The first-order chi connectivity index (χ1) is 15.8. The van der Waals surface area contributed by atoms with Gasteiger partial charge in [-0.05, 0) is 54.2 Å². The Balaban J connectivity index is 1.53. The number of benzene rings is 1. The van der Waals surface area contributed by atoms with Crippen LogP contribution in [-0.4, -0.2) is 40.0 Å². The molecule has 2 fully saturated rings. The monoisotopic (exact) mass is 522 g/mol. The largest absolute Gasteiger partial charge is 0.419 e. The molecule has 1 unspecified atom stereocenters. The SMILES string of the molecule is O=C(Nc1ccc2c(-c3nc(NC4CCCNC4)ncc3C(F)(F)F)c[nH]c2c1Br)C1CC1. The molecule has 33 heavy (non-hydrogen) atoms. The van der Waals surface area contributed by atoms with Crippen LogP contribution in [0.5, 0.6) is 0 Å². The lowest BCUT2D eigenvalue weighted by atomic mass is 10.1. The first-order valence-electron chi connectivity index (χ1n) is 10.8. The van der Waals surface area contributed by atoms with Gasteiger partial charge in [-0.1, -0.05) is 6.07 Å². The maximum Gasteiger partial charge on any atom is 0.419 e. The van der Waals surface area contributed by atoms with Gasteiger partial charge in [-0.25, -0.2) is 9.97 Å². The van der Waals surface area contributed by atoms with Crippen LogP contribution in [0.2, 0.25) is 0 Å². The Bertz CT molecular complexity index is 1200. The van der Waals surface area contributed by atoms with E-state index in [1.54, 1.807) is 12.1 Å². The van der Waals surface area contributed by atoms with E-state index in [1.807, 2.05) is 0 Å². The number of alkyl halides is 3. The quantitative estimate of drug-likeness (QED) is 0.381. The minimum absolute atomic E-state index is 0.0347. The van der Waals surface area contributed by atoms with Crippen LogP contribution < -0.4 is 16.0 Å². The van der Waals surface area contributed by atoms with E-state index in [0.29, 0.717) is 33.2 Å². The molecule has 1 atom stereocenters. The number of piperidine rings is 1. The van der Waals surface area contributed by atoms with E-state index in [9.17, 15) is 18.0 Å². The summed E-state index contributed by atoms with van der Waals surface area (Å²) in [6.07, 6.45) is 1.34. The van der Waals surface area contributed by atoms with Gasteiger partial charge in [0.1, 0.15) is 5.56 Å². The number of nitrogens with zero attached hydrogens (tertiary/aromatic N) is 2. The van der Waals surface area contributed by atoms with E-state index in [-0.39, 0.29) is 29.5 Å². The number of aromatic amines is 1. The molecular formula is C22H22BrF3N6O. The molecule has 174 valence electrons. The number of hydrogen-bond donors (Lipinski definition) is 4. The second-order valence-corrected chi connectivity index (χ2v) is 9.25. The minimum Gasteiger partial charge on any atom is -0.360 e. The fourth-order valence-electron chi connectivity index (χ4n) is 4.06. The fraction of sp³-hybridized carbons (Fsp3) is 0.409. The second kappa shape index (κ2) is 8.60. The number of hydrogen-bond acceptors (Lipinski definition) is 5. The number of carbonyl (C=O) groups is 1. The predicted octanol–water partition coefficient (Wildman–Crippen LogP) is 4.92. The highest BCUT2D eigenvalue weighted by molar-refractivity contribution is 9.10. The van der Waals surface area contributed by atoms with Crippen molar-refractivity contribution in [1.82, 2.24) is 20.3 Å². The summed E-state index contributed by atoms with van der Waals surface area (Å²) in [5.74, 6) is 0.144. The molecule has 1 aromatic carbocycles. The fourth-order valence-corrected chi connectivity index (χ4v) is 4.62. The van der Waals surface area contributed by atoms with Crippen molar-refractivity contribution in [3.05, 3.63) is 34.6 Å². The van der Waals surface area contributed by atoms with Crippen molar-refractivity contribution in [2.75, 3.05) is 23.7 Å². The number of rotatable bonds is 5. The number of anilines is 2. The zero-order valence-electron chi connectivity index (χ0n) is 17.5. The first kappa shape index (κ1) is 22.1. The molecule has 0 spiro atoms. The summed E-state index contributed by atoms with van der Waals surface area (Å²) in [4.78, 5) is 23.4. The van der Waals surface area contributed by atoms with Gasteiger partial charge in [0, 0.05) is 41.8 Å². The van der Waals surface area contributed by atoms with Gasteiger partial charge in [-0.3, -0.25) is 4.79 Å². The average Bonchev–Trinajstić information content (AvgIpc) is 3.55. The molecule has 1 saturated heterocycles. The molecule has 1 aliphatic carbocycles. The summed E-state index contributed by atoms with van der Waals surface area (Å²) in [6, 6.07) is 3.43. The molecule has 0 bridgehead atoms. The van der Waals surface area contributed by atoms with Crippen LogP contribution in [0.3, 0.4) is 0 Å². The molecule has 1 saturated carbocycles. The molecule has 1 aliphatic heterocycles. The van der Waals surface area contributed by atoms with E-state index >= 15 is 0 Å². The lowest BCUT2D eigenvalue weighted by Gasteiger charge is -2.24. The van der Waals surface area contributed by atoms with Crippen molar-refractivity contribution in [2.24, 2.45) is 5.92 Å². The topological polar surface area (TPSA) is 94.7 Å². The zero-order chi connectivity index (χ0) is 23.2. The highest BCUT2D eigenvalue weighted by atomic mass is 79.9. The molecule has 11 heteroatoms. The van der Waals surface area contributed by atoms with Gasteiger partial charge in [-0.15, -0.1) is 0 Å². The number of H-pyrrole nitrogens is 1. The summed E-state index contributed by atoms with van der Waals surface area (Å²) >= 11 is 3.48. The number of fused-ring (bicyclic) bond motifs is 1. The summed E-state index contributed by atoms with van der Waals surface area (Å²) in [7, 11) is 0. The number of amides is 1. The molecule has 2 aliphatic rings. The van der Waals surface area contributed by atoms with Crippen LogP contribution in [0.1, 0.15) is 31.2 Å².